The minimum Gasteiger partial charge on any atom is -0.459 e. The van der Waals surface area contributed by atoms with Crippen molar-refractivity contribution in [1.29, 1.82) is 0 Å². The van der Waals surface area contributed by atoms with Gasteiger partial charge in [-0.15, -0.1) is 11.3 Å². The zero-order valence-corrected chi connectivity index (χ0v) is 14.4. The van der Waals surface area contributed by atoms with E-state index in [2.05, 4.69) is 0 Å². The lowest BCUT2D eigenvalue weighted by Gasteiger charge is -2.21. The Labute approximate surface area is 139 Å². The van der Waals surface area contributed by atoms with Crippen molar-refractivity contribution in [1.82, 2.24) is 0 Å². The molecule has 0 aromatic carbocycles. The van der Waals surface area contributed by atoms with E-state index in [0.29, 0.717) is 27.6 Å². The summed E-state index contributed by atoms with van der Waals surface area (Å²) in [4.78, 5) is 24.8. The first-order valence-corrected chi connectivity index (χ1v) is 8.62. The van der Waals surface area contributed by atoms with Crippen molar-refractivity contribution in [2.45, 2.75) is 45.1 Å². The van der Waals surface area contributed by atoms with E-state index < -0.39 is 11.9 Å². The van der Waals surface area contributed by atoms with Crippen molar-refractivity contribution < 1.29 is 23.8 Å². The Morgan fingerprint density at radius 3 is 2.52 bits per heavy atom. The largest absolute Gasteiger partial charge is 0.459 e. The number of ether oxygens (including phenoxy) is 3. The van der Waals surface area contributed by atoms with Gasteiger partial charge < -0.3 is 19.9 Å². The summed E-state index contributed by atoms with van der Waals surface area (Å²) in [6.07, 6.45) is 5.07. The van der Waals surface area contributed by atoms with E-state index in [1.54, 1.807) is 6.92 Å². The molecule has 1 aromatic heterocycles. The number of methoxy groups -OCH3 is 1. The van der Waals surface area contributed by atoms with Gasteiger partial charge in [-0.05, 0) is 38.2 Å². The molecule has 0 amide bonds. The van der Waals surface area contributed by atoms with Crippen LogP contribution in [0.25, 0.3) is 0 Å². The average Bonchev–Trinajstić information content (AvgIpc) is 2.83. The van der Waals surface area contributed by atoms with E-state index >= 15 is 0 Å². The van der Waals surface area contributed by atoms with Crippen molar-refractivity contribution in [3.8, 4) is 0 Å². The number of hydrogen-bond acceptors (Lipinski definition) is 7. The highest BCUT2D eigenvalue weighted by atomic mass is 32.1. The summed E-state index contributed by atoms with van der Waals surface area (Å²) in [5.74, 6) is -0.938. The third kappa shape index (κ3) is 4.45. The normalized spacial score (nSPS) is 15.4. The number of thiophene rings is 1. The Kier molecular flexibility index (Phi) is 6.41. The summed E-state index contributed by atoms with van der Waals surface area (Å²) in [6.45, 7) is 2.17. The van der Waals surface area contributed by atoms with Crippen LogP contribution in [0, 0.1) is 6.92 Å². The summed E-state index contributed by atoms with van der Waals surface area (Å²) in [7, 11) is 1.53. The van der Waals surface area contributed by atoms with Crippen LogP contribution in [-0.2, 0) is 14.2 Å². The summed E-state index contributed by atoms with van der Waals surface area (Å²) < 4.78 is 15.5. The summed E-state index contributed by atoms with van der Waals surface area (Å²) in [6, 6.07) is 0. The number of anilines is 1. The topological polar surface area (TPSA) is 87.9 Å². The molecule has 1 saturated carbocycles. The highest BCUT2D eigenvalue weighted by Crippen LogP contribution is 2.32. The molecule has 0 unspecified atom stereocenters. The maximum atomic E-state index is 12.4. The lowest BCUT2D eigenvalue weighted by Crippen LogP contribution is -2.21. The Morgan fingerprint density at radius 1 is 1.17 bits per heavy atom. The first-order valence-electron chi connectivity index (χ1n) is 7.80. The number of rotatable bonds is 6. The minimum absolute atomic E-state index is 0.0490. The molecule has 0 saturated heterocycles. The second kappa shape index (κ2) is 8.31. The van der Waals surface area contributed by atoms with E-state index in [9.17, 15) is 9.59 Å². The summed E-state index contributed by atoms with van der Waals surface area (Å²) >= 11 is 1.06. The molecule has 1 aromatic rings. The van der Waals surface area contributed by atoms with E-state index in [1.165, 1.54) is 13.5 Å². The maximum Gasteiger partial charge on any atom is 0.348 e. The standard InChI is InChI=1S/C16H23NO5S/c1-10-12(15(18)22-11-6-4-3-5-7-11)14(17)23-13(10)16(19)21-9-8-20-2/h11H,3-9,17H2,1-2H3. The molecule has 128 valence electrons. The van der Waals surface area contributed by atoms with Crippen LogP contribution in [0.1, 0.15) is 57.7 Å². The first-order chi connectivity index (χ1) is 11.0. The third-order valence-corrected chi connectivity index (χ3v) is 5.01. The Hall–Kier alpha value is -1.60. The van der Waals surface area contributed by atoms with E-state index in [1.807, 2.05) is 0 Å². The fourth-order valence-corrected chi connectivity index (χ4v) is 3.62. The molecule has 0 aliphatic heterocycles. The van der Waals surface area contributed by atoms with Crippen molar-refractivity contribution in [2.24, 2.45) is 0 Å². The first kappa shape index (κ1) is 17.7. The smallest absolute Gasteiger partial charge is 0.348 e. The van der Waals surface area contributed by atoms with Gasteiger partial charge in [-0.2, -0.15) is 0 Å². The number of nitrogens with two attached hydrogens (primary N) is 1. The van der Waals surface area contributed by atoms with Crippen LogP contribution in [0.15, 0.2) is 0 Å². The van der Waals surface area contributed by atoms with Crippen LogP contribution in [0.2, 0.25) is 0 Å². The monoisotopic (exact) mass is 341 g/mol. The molecule has 23 heavy (non-hydrogen) atoms. The minimum atomic E-state index is -0.493. The highest BCUT2D eigenvalue weighted by Gasteiger charge is 2.27. The molecule has 1 aliphatic rings. The van der Waals surface area contributed by atoms with Gasteiger partial charge >= 0.3 is 11.9 Å². The zero-order chi connectivity index (χ0) is 16.8. The molecule has 1 aliphatic carbocycles. The van der Waals surface area contributed by atoms with Gasteiger partial charge in [0, 0.05) is 7.11 Å². The van der Waals surface area contributed by atoms with Crippen LogP contribution in [0.5, 0.6) is 0 Å². The van der Waals surface area contributed by atoms with Gasteiger partial charge in [0.2, 0.25) is 0 Å². The molecule has 6 nitrogen and oxygen atoms in total. The fourth-order valence-electron chi connectivity index (χ4n) is 2.66. The second-order valence-electron chi connectivity index (χ2n) is 5.59. The van der Waals surface area contributed by atoms with Gasteiger partial charge in [0.15, 0.2) is 0 Å². The Morgan fingerprint density at radius 2 is 1.87 bits per heavy atom. The molecule has 1 fully saturated rings. The van der Waals surface area contributed by atoms with Gasteiger partial charge in [-0.1, -0.05) is 6.42 Å². The summed E-state index contributed by atoms with van der Waals surface area (Å²) in [5, 5.41) is 0.294. The van der Waals surface area contributed by atoms with Gasteiger partial charge in [0.05, 0.1) is 12.2 Å². The molecule has 0 bridgehead atoms. The van der Waals surface area contributed by atoms with E-state index in [-0.39, 0.29) is 12.7 Å². The van der Waals surface area contributed by atoms with Gasteiger partial charge in [-0.3, -0.25) is 0 Å². The molecule has 0 atom stereocenters. The van der Waals surface area contributed by atoms with Crippen LogP contribution >= 0.6 is 11.3 Å². The molecular weight excluding hydrogens is 318 g/mol. The highest BCUT2D eigenvalue weighted by molar-refractivity contribution is 7.18. The lowest BCUT2D eigenvalue weighted by molar-refractivity contribution is 0.0212. The van der Waals surface area contributed by atoms with Crippen molar-refractivity contribution >= 4 is 28.3 Å². The molecule has 0 spiro atoms. The van der Waals surface area contributed by atoms with Crippen LogP contribution in [0.4, 0.5) is 5.00 Å². The van der Waals surface area contributed by atoms with Crippen LogP contribution in [0.3, 0.4) is 0 Å². The Balaban J connectivity index is 2.06. The second-order valence-corrected chi connectivity index (χ2v) is 6.64. The fraction of sp³-hybridized carbons (Fsp3) is 0.625. The molecule has 1 heterocycles. The van der Waals surface area contributed by atoms with Crippen molar-refractivity contribution in [3.63, 3.8) is 0 Å². The number of carbonyl (C=O) groups is 2. The van der Waals surface area contributed by atoms with Crippen LogP contribution in [-0.4, -0.2) is 38.4 Å². The molecule has 0 radical (unpaired) electrons. The predicted octanol–water partition coefficient (Wildman–Crippen LogP) is 2.93. The molecule has 2 N–H and O–H groups in total. The van der Waals surface area contributed by atoms with E-state index in [0.717, 1.165) is 37.0 Å². The van der Waals surface area contributed by atoms with Crippen molar-refractivity contribution in [3.05, 3.63) is 16.0 Å². The average molecular weight is 341 g/mol. The number of esters is 2. The predicted molar refractivity (Wildman–Crippen MR) is 87.9 cm³/mol. The summed E-state index contributed by atoms with van der Waals surface area (Å²) in [5.41, 5.74) is 6.74. The zero-order valence-electron chi connectivity index (χ0n) is 13.6. The molecule has 7 heteroatoms. The van der Waals surface area contributed by atoms with Crippen LogP contribution < -0.4 is 5.73 Å². The SMILES string of the molecule is COCCOC(=O)c1sc(N)c(C(=O)OC2CCCCC2)c1C. The maximum absolute atomic E-state index is 12.4. The van der Waals surface area contributed by atoms with Gasteiger partial charge in [0.25, 0.3) is 0 Å². The number of carbonyl (C=O) groups excluding carboxylic acids is 2. The van der Waals surface area contributed by atoms with Crippen molar-refractivity contribution in [2.75, 3.05) is 26.1 Å². The number of hydrogen-bond donors (Lipinski definition) is 1. The third-order valence-electron chi connectivity index (χ3n) is 3.91. The molecule has 2 rings (SSSR count). The quantitative estimate of drug-likeness (QED) is 0.632. The van der Waals surface area contributed by atoms with Gasteiger partial charge in [0.1, 0.15) is 22.6 Å². The van der Waals surface area contributed by atoms with Gasteiger partial charge in [-0.25, -0.2) is 9.59 Å². The van der Waals surface area contributed by atoms with E-state index in [4.69, 9.17) is 19.9 Å². The number of nitrogen functional groups attached to an aromatic ring is 1. The molecular formula is C16H23NO5S. The lowest BCUT2D eigenvalue weighted by atomic mass is 9.98. The Bertz CT molecular complexity index is 563.